The Hall–Kier alpha value is -1.37. The molecule has 0 spiro atoms. The minimum Gasteiger partial charge on any atom is -0.395 e. The summed E-state index contributed by atoms with van der Waals surface area (Å²) in [5.41, 5.74) is 2.24. The van der Waals surface area contributed by atoms with Crippen molar-refractivity contribution in [3.8, 4) is 6.07 Å². The van der Waals surface area contributed by atoms with Gasteiger partial charge in [-0.1, -0.05) is 24.3 Å². The SMILES string of the molecule is CN(CCO)Cc1ccccc1CC#N. The van der Waals surface area contributed by atoms with Crippen molar-refractivity contribution in [2.75, 3.05) is 20.2 Å². The van der Waals surface area contributed by atoms with Gasteiger partial charge in [-0.25, -0.2) is 0 Å². The second-order valence-electron chi connectivity index (χ2n) is 3.56. The fourth-order valence-electron chi connectivity index (χ4n) is 1.51. The van der Waals surface area contributed by atoms with E-state index in [-0.39, 0.29) is 6.61 Å². The van der Waals surface area contributed by atoms with Crippen molar-refractivity contribution >= 4 is 0 Å². The van der Waals surface area contributed by atoms with E-state index in [1.807, 2.05) is 36.2 Å². The molecule has 0 aliphatic heterocycles. The molecule has 0 heterocycles. The maximum atomic E-state index is 8.79. The lowest BCUT2D eigenvalue weighted by Crippen LogP contribution is -2.22. The smallest absolute Gasteiger partial charge is 0.0669 e. The van der Waals surface area contributed by atoms with Crippen LogP contribution in [0.3, 0.4) is 0 Å². The Morgan fingerprint density at radius 2 is 2.00 bits per heavy atom. The number of nitrogens with zero attached hydrogens (tertiary/aromatic N) is 2. The van der Waals surface area contributed by atoms with Crippen LogP contribution >= 0.6 is 0 Å². The van der Waals surface area contributed by atoms with Crippen LogP contribution in [0.1, 0.15) is 11.1 Å². The lowest BCUT2D eigenvalue weighted by molar-refractivity contribution is 0.217. The fraction of sp³-hybridized carbons (Fsp3) is 0.417. The average Bonchev–Trinajstić information content (AvgIpc) is 2.21. The summed E-state index contributed by atoms with van der Waals surface area (Å²) in [7, 11) is 1.96. The number of benzene rings is 1. The van der Waals surface area contributed by atoms with Crippen LogP contribution in [0, 0.1) is 11.3 Å². The van der Waals surface area contributed by atoms with E-state index in [4.69, 9.17) is 10.4 Å². The first kappa shape index (κ1) is 11.7. The highest BCUT2D eigenvalue weighted by atomic mass is 16.3. The molecule has 1 N–H and O–H groups in total. The van der Waals surface area contributed by atoms with Gasteiger partial charge in [-0.15, -0.1) is 0 Å². The summed E-state index contributed by atoms with van der Waals surface area (Å²) in [6.07, 6.45) is 0.448. The van der Waals surface area contributed by atoms with Crippen molar-refractivity contribution in [2.24, 2.45) is 0 Å². The zero-order valence-corrected chi connectivity index (χ0v) is 8.98. The van der Waals surface area contributed by atoms with Crippen molar-refractivity contribution in [1.29, 1.82) is 5.26 Å². The van der Waals surface area contributed by atoms with Gasteiger partial charge in [0.1, 0.15) is 0 Å². The van der Waals surface area contributed by atoms with Crippen LogP contribution in [-0.2, 0) is 13.0 Å². The second kappa shape index (κ2) is 6.18. The van der Waals surface area contributed by atoms with Crippen LogP contribution in [0.4, 0.5) is 0 Å². The molecule has 0 atom stereocenters. The molecule has 0 saturated carbocycles. The van der Waals surface area contributed by atoms with Crippen LogP contribution in [0.25, 0.3) is 0 Å². The molecule has 1 rings (SSSR count). The molecule has 3 heteroatoms. The number of nitriles is 1. The molecule has 0 aromatic heterocycles. The van der Waals surface area contributed by atoms with E-state index in [9.17, 15) is 0 Å². The standard InChI is InChI=1S/C12H16N2O/c1-14(8-9-15)10-12-5-3-2-4-11(12)6-7-13/h2-5,15H,6,8-10H2,1H3. The summed E-state index contributed by atoms with van der Waals surface area (Å²) >= 11 is 0. The van der Waals surface area contributed by atoms with Gasteiger partial charge in [0.25, 0.3) is 0 Å². The normalized spacial score (nSPS) is 10.3. The van der Waals surface area contributed by atoms with Crippen LogP contribution < -0.4 is 0 Å². The highest BCUT2D eigenvalue weighted by Gasteiger charge is 2.04. The molecule has 0 saturated heterocycles. The average molecular weight is 204 g/mol. The molecule has 0 radical (unpaired) electrons. The topological polar surface area (TPSA) is 47.3 Å². The van der Waals surface area contributed by atoms with Gasteiger partial charge in [0.05, 0.1) is 19.1 Å². The monoisotopic (exact) mass is 204 g/mol. The Bertz CT molecular complexity index is 344. The number of hydrogen-bond donors (Lipinski definition) is 1. The third-order valence-corrected chi connectivity index (χ3v) is 2.31. The summed E-state index contributed by atoms with van der Waals surface area (Å²) < 4.78 is 0. The Kier molecular flexibility index (Phi) is 4.82. The van der Waals surface area contributed by atoms with Gasteiger partial charge in [0.2, 0.25) is 0 Å². The molecule has 1 aromatic carbocycles. The number of likely N-dealkylation sites (N-methyl/N-ethyl adjacent to an activating group) is 1. The first-order valence-electron chi connectivity index (χ1n) is 5.01. The molecule has 80 valence electrons. The lowest BCUT2D eigenvalue weighted by atomic mass is 10.0. The van der Waals surface area contributed by atoms with Gasteiger partial charge in [-0.2, -0.15) is 5.26 Å². The van der Waals surface area contributed by atoms with E-state index in [2.05, 4.69) is 6.07 Å². The highest BCUT2D eigenvalue weighted by Crippen LogP contribution is 2.11. The second-order valence-corrected chi connectivity index (χ2v) is 3.56. The Balaban J connectivity index is 2.71. The first-order valence-corrected chi connectivity index (χ1v) is 5.01. The number of aliphatic hydroxyl groups excluding tert-OH is 1. The van der Waals surface area contributed by atoms with E-state index < -0.39 is 0 Å². The van der Waals surface area contributed by atoms with Crippen LogP contribution in [-0.4, -0.2) is 30.2 Å². The largest absolute Gasteiger partial charge is 0.395 e. The molecule has 0 unspecified atom stereocenters. The van der Waals surface area contributed by atoms with Gasteiger partial charge >= 0.3 is 0 Å². The van der Waals surface area contributed by atoms with E-state index in [1.165, 1.54) is 0 Å². The molecule has 15 heavy (non-hydrogen) atoms. The Morgan fingerprint density at radius 1 is 1.33 bits per heavy atom. The zero-order valence-electron chi connectivity index (χ0n) is 8.98. The van der Waals surface area contributed by atoms with Crippen LogP contribution in [0.2, 0.25) is 0 Å². The quantitative estimate of drug-likeness (QED) is 0.783. The first-order chi connectivity index (χ1) is 7.27. The fourth-order valence-corrected chi connectivity index (χ4v) is 1.51. The predicted octanol–water partition coefficient (Wildman–Crippen LogP) is 1.18. The minimum atomic E-state index is 0.164. The van der Waals surface area contributed by atoms with E-state index >= 15 is 0 Å². The molecule has 0 aliphatic carbocycles. The summed E-state index contributed by atoms with van der Waals surface area (Å²) in [4.78, 5) is 2.04. The predicted molar refractivity (Wildman–Crippen MR) is 59.2 cm³/mol. The highest BCUT2D eigenvalue weighted by molar-refractivity contribution is 5.29. The Morgan fingerprint density at radius 3 is 2.60 bits per heavy atom. The Labute approximate surface area is 90.6 Å². The summed E-state index contributed by atoms with van der Waals surface area (Å²) in [5.74, 6) is 0. The molecule has 0 fully saturated rings. The summed E-state index contributed by atoms with van der Waals surface area (Å²) in [6, 6.07) is 10.1. The summed E-state index contributed by atoms with van der Waals surface area (Å²) in [5, 5.41) is 17.5. The van der Waals surface area contributed by atoms with Crippen LogP contribution in [0.5, 0.6) is 0 Å². The maximum Gasteiger partial charge on any atom is 0.0669 e. The number of hydrogen-bond acceptors (Lipinski definition) is 3. The van der Waals surface area contributed by atoms with Crippen molar-refractivity contribution < 1.29 is 5.11 Å². The summed E-state index contributed by atoms with van der Waals surface area (Å²) in [6.45, 7) is 1.59. The molecule has 0 bridgehead atoms. The van der Waals surface area contributed by atoms with Crippen molar-refractivity contribution in [3.63, 3.8) is 0 Å². The molecule has 3 nitrogen and oxygen atoms in total. The van der Waals surface area contributed by atoms with Crippen molar-refractivity contribution in [3.05, 3.63) is 35.4 Å². The third-order valence-electron chi connectivity index (χ3n) is 2.31. The number of aliphatic hydroxyl groups is 1. The zero-order chi connectivity index (χ0) is 11.1. The van der Waals surface area contributed by atoms with Gasteiger partial charge in [0, 0.05) is 13.1 Å². The van der Waals surface area contributed by atoms with Crippen LogP contribution in [0.15, 0.2) is 24.3 Å². The van der Waals surface area contributed by atoms with Crippen molar-refractivity contribution in [1.82, 2.24) is 4.90 Å². The van der Waals surface area contributed by atoms with E-state index in [1.54, 1.807) is 0 Å². The van der Waals surface area contributed by atoms with Gasteiger partial charge in [-0.05, 0) is 18.2 Å². The molecule has 0 aliphatic rings. The van der Waals surface area contributed by atoms with Gasteiger partial charge in [0.15, 0.2) is 0 Å². The number of rotatable bonds is 5. The van der Waals surface area contributed by atoms with Gasteiger partial charge < -0.3 is 5.11 Å². The maximum absolute atomic E-state index is 8.79. The third kappa shape index (κ3) is 3.70. The molecule has 1 aromatic rings. The lowest BCUT2D eigenvalue weighted by Gasteiger charge is -2.16. The van der Waals surface area contributed by atoms with E-state index in [0.29, 0.717) is 13.0 Å². The van der Waals surface area contributed by atoms with Gasteiger partial charge in [-0.3, -0.25) is 4.90 Å². The molecular weight excluding hydrogens is 188 g/mol. The molecule has 0 amide bonds. The molecular formula is C12H16N2O. The van der Waals surface area contributed by atoms with E-state index in [0.717, 1.165) is 17.7 Å². The minimum absolute atomic E-state index is 0.164. The van der Waals surface area contributed by atoms with Crippen molar-refractivity contribution in [2.45, 2.75) is 13.0 Å².